The molecule has 0 radical (unpaired) electrons. The molecule has 5 nitrogen and oxygen atoms in total. The van der Waals surface area contributed by atoms with Crippen LogP contribution in [-0.2, 0) is 13.1 Å². The highest BCUT2D eigenvalue weighted by molar-refractivity contribution is 14.0. The zero-order chi connectivity index (χ0) is 17.3. The molecule has 2 N–H and O–H groups in total. The summed E-state index contributed by atoms with van der Waals surface area (Å²) < 4.78 is 1.95. The molecule has 26 heavy (non-hydrogen) atoms. The molecule has 0 amide bonds. The molecular weight excluding hydrogens is 457 g/mol. The van der Waals surface area contributed by atoms with E-state index in [9.17, 15) is 0 Å². The van der Waals surface area contributed by atoms with Gasteiger partial charge in [0.25, 0.3) is 0 Å². The van der Waals surface area contributed by atoms with E-state index in [4.69, 9.17) is 4.99 Å². The average Bonchev–Trinajstić information content (AvgIpc) is 3.32. The van der Waals surface area contributed by atoms with Gasteiger partial charge < -0.3 is 10.6 Å². The molecule has 0 saturated carbocycles. The molecule has 2 aromatic rings. The fraction of sp³-hybridized carbons (Fsp3) is 0.474. The van der Waals surface area contributed by atoms with Crippen LogP contribution in [0.4, 0.5) is 0 Å². The van der Waals surface area contributed by atoms with Crippen LogP contribution in [0.25, 0.3) is 0 Å². The van der Waals surface area contributed by atoms with Crippen LogP contribution in [0.15, 0.2) is 47.7 Å². The molecular formula is C19H28IN5S. The van der Waals surface area contributed by atoms with Crippen LogP contribution in [0.2, 0.25) is 0 Å². The Kier molecular flexibility index (Phi) is 9.31. The molecule has 1 aromatic carbocycles. The van der Waals surface area contributed by atoms with Crippen LogP contribution in [0, 0.1) is 0 Å². The zero-order valence-electron chi connectivity index (χ0n) is 15.2. The monoisotopic (exact) mass is 485 g/mol. The van der Waals surface area contributed by atoms with E-state index in [0.717, 1.165) is 30.8 Å². The average molecular weight is 485 g/mol. The van der Waals surface area contributed by atoms with Crippen LogP contribution >= 0.6 is 35.7 Å². The minimum Gasteiger partial charge on any atom is -0.357 e. The van der Waals surface area contributed by atoms with Gasteiger partial charge in [-0.15, -0.1) is 24.0 Å². The Balaban J connectivity index is 0.00000243. The lowest BCUT2D eigenvalue weighted by Gasteiger charge is -2.15. The summed E-state index contributed by atoms with van der Waals surface area (Å²) in [4.78, 5) is 4.79. The molecule has 0 spiro atoms. The first-order chi connectivity index (χ1) is 12.3. The lowest BCUT2D eigenvalue weighted by Crippen LogP contribution is -2.40. The Morgan fingerprint density at radius 3 is 2.81 bits per heavy atom. The van der Waals surface area contributed by atoms with Crippen LogP contribution < -0.4 is 10.6 Å². The maximum absolute atomic E-state index is 4.79. The SMILES string of the molecule is CCNC(=NCc1ccccc1Cn1cccn1)NCC1CCCS1.I. The second-order valence-corrected chi connectivity index (χ2v) is 7.59. The molecule has 1 fully saturated rings. The van der Waals surface area contributed by atoms with Crippen molar-refractivity contribution in [3.63, 3.8) is 0 Å². The van der Waals surface area contributed by atoms with E-state index in [-0.39, 0.29) is 24.0 Å². The Bertz CT molecular complexity index is 668. The number of nitrogens with one attached hydrogen (secondary N) is 2. The first kappa shape index (κ1) is 21.1. The van der Waals surface area contributed by atoms with Crippen molar-refractivity contribution < 1.29 is 0 Å². The molecule has 1 aromatic heterocycles. The summed E-state index contributed by atoms with van der Waals surface area (Å²) in [5.74, 6) is 2.20. The van der Waals surface area contributed by atoms with Gasteiger partial charge in [-0.3, -0.25) is 4.68 Å². The molecule has 2 heterocycles. The minimum absolute atomic E-state index is 0. The highest BCUT2D eigenvalue weighted by atomic mass is 127. The number of rotatable bonds is 7. The normalized spacial score (nSPS) is 17.0. The van der Waals surface area contributed by atoms with Gasteiger partial charge in [0.05, 0.1) is 13.1 Å². The van der Waals surface area contributed by atoms with Gasteiger partial charge in [0.15, 0.2) is 5.96 Å². The molecule has 3 rings (SSSR count). The third-order valence-corrected chi connectivity index (χ3v) is 5.68. The van der Waals surface area contributed by atoms with E-state index in [0.29, 0.717) is 6.54 Å². The van der Waals surface area contributed by atoms with Gasteiger partial charge in [-0.25, -0.2) is 4.99 Å². The minimum atomic E-state index is 0. The summed E-state index contributed by atoms with van der Waals surface area (Å²) in [6.07, 6.45) is 6.45. The predicted octanol–water partition coefficient (Wildman–Crippen LogP) is 3.50. The maximum Gasteiger partial charge on any atom is 0.191 e. The first-order valence-corrected chi connectivity index (χ1v) is 10.1. The van der Waals surface area contributed by atoms with E-state index in [1.165, 1.54) is 29.7 Å². The smallest absolute Gasteiger partial charge is 0.191 e. The molecule has 1 saturated heterocycles. The first-order valence-electron chi connectivity index (χ1n) is 9.03. The van der Waals surface area contributed by atoms with Crippen LogP contribution in [0.3, 0.4) is 0 Å². The van der Waals surface area contributed by atoms with Crippen molar-refractivity contribution >= 4 is 41.7 Å². The van der Waals surface area contributed by atoms with E-state index in [2.05, 4.69) is 58.7 Å². The summed E-state index contributed by atoms with van der Waals surface area (Å²) >= 11 is 2.07. The highest BCUT2D eigenvalue weighted by Crippen LogP contribution is 2.25. The number of hydrogen-bond donors (Lipinski definition) is 2. The Labute approximate surface area is 177 Å². The summed E-state index contributed by atoms with van der Waals surface area (Å²) in [5.41, 5.74) is 2.50. The maximum atomic E-state index is 4.79. The molecule has 0 aliphatic carbocycles. The quantitative estimate of drug-likeness (QED) is 0.358. The topological polar surface area (TPSA) is 54.2 Å². The van der Waals surface area contributed by atoms with Crippen LogP contribution in [-0.4, -0.2) is 39.8 Å². The largest absolute Gasteiger partial charge is 0.357 e. The van der Waals surface area contributed by atoms with E-state index < -0.39 is 0 Å². The van der Waals surface area contributed by atoms with Gasteiger partial charge in [0.1, 0.15) is 0 Å². The van der Waals surface area contributed by atoms with Crippen molar-refractivity contribution in [3.05, 3.63) is 53.9 Å². The van der Waals surface area contributed by atoms with Crippen molar-refractivity contribution in [3.8, 4) is 0 Å². The number of guanidine groups is 1. The molecule has 1 unspecified atom stereocenters. The molecule has 1 aliphatic rings. The van der Waals surface area contributed by atoms with Gasteiger partial charge >= 0.3 is 0 Å². The molecule has 1 aliphatic heterocycles. The van der Waals surface area contributed by atoms with E-state index >= 15 is 0 Å². The van der Waals surface area contributed by atoms with Crippen molar-refractivity contribution in [2.24, 2.45) is 4.99 Å². The van der Waals surface area contributed by atoms with Gasteiger partial charge in [-0.1, -0.05) is 24.3 Å². The summed E-state index contributed by atoms with van der Waals surface area (Å²) in [5, 5.41) is 11.9. The summed E-state index contributed by atoms with van der Waals surface area (Å²) in [7, 11) is 0. The summed E-state index contributed by atoms with van der Waals surface area (Å²) in [6, 6.07) is 10.4. The zero-order valence-corrected chi connectivity index (χ0v) is 18.4. The van der Waals surface area contributed by atoms with Gasteiger partial charge in [-0.2, -0.15) is 16.9 Å². The van der Waals surface area contributed by atoms with Crippen molar-refractivity contribution in [1.82, 2.24) is 20.4 Å². The Morgan fingerprint density at radius 1 is 1.27 bits per heavy atom. The number of halogens is 1. The molecule has 0 bridgehead atoms. The van der Waals surface area contributed by atoms with E-state index in [1.807, 2.05) is 23.1 Å². The standard InChI is InChI=1S/C19H27N5S.HI/c1-2-20-19(22-14-18-9-5-12-25-18)21-13-16-7-3-4-8-17(16)15-24-11-6-10-23-24;/h3-4,6-8,10-11,18H,2,5,9,12-15H2,1H3,(H2,20,21,22);1H. The summed E-state index contributed by atoms with van der Waals surface area (Å²) in [6.45, 7) is 5.42. The lowest BCUT2D eigenvalue weighted by molar-refractivity contribution is 0.680. The molecule has 7 heteroatoms. The third kappa shape index (κ3) is 6.50. The number of aromatic nitrogens is 2. The second kappa shape index (κ2) is 11.5. The Hall–Kier alpha value is -1.22. The fourth-order valence-electron chi connectivity index (χ4n) is 2.96. The number of thioether (sulfide) groups is 1. The Morgan fingerprint density at radius 2 is 2.12 bits per heavy atom. The molecule has 1 atom stereocenters. The number of benzene rings is 1. The lowest BCUT2D eigenvalue weighted by atomic mass is 10.1. The van der Waals surface area contributed by atoms with Crippen molar-refractivity contribution in [2.45, 2.75) is 38.1 Å². The highest BCUT2D eigenvalue weighted by Gasteiger charge is 2.15. The molecule has 142 valence electrons. The van der Waals surface area contributed by atoms with Gasteiger partial charge in [0.2, 0.25) is 0 Å². The number of aliphatic imine (C=N–C) groups is 1. The van der Waals surface area contributed by atoms with Crippen molar-refractivity contribution in [1.29, 1.82) is 0 Å². The second-order valence-electron chi connectivity index (χ2n) is 6.18. The van der Waals surface area contributed by atoms with Crippen LogP contribution in [0.5, 0.6) is 0 Å². The van der Waals surface area contributed by atoms with Crippen molar-refractivity contribution in [2.75, 3.05) is 18.8 Å². The third-order valence-electron chi connectivity index (χ3n) is 4.28. The van der Waals surface area contributed by atoms with E-state index in [1.54, 1.807) is 0 Å². The fourth-order valence-corrected chi connectivity index (χ4v) is 4.16. The van der Waals surface area contributed by atoms with Gasteiger partial charge in [-0.05, 0) is 42.7 Å². The number of nitrogens with zero attached hydrogens (tertiary/aromatic N) is 3. The van der Waals surface area contributed by atoms with Crippen LogP contribution in [0.1, 0.15) is 30.9 Å². The predicted molar refractivity (Wildman–Crippen MR) is 121 cm³/mol. The van der Waals surface area contributed by atoms with Gasteiger partial charge in [0, 0.05) is 30.7 Å². The number of hydrogen-bond acceptors (Lipinski definition) is 3.